The van der Waals surface area contributed by atoms with Crippen LogP contribution in [0.1, 0.15) is 64.7 Å². The quantitative estimate of drug-likeness (QED) is 0.678. The molecule has 1 aliphatic carbocycles. The molecule has 0 aromatic carbocycles. The highest BCUT2D eigenvalue weighted by Crippen LogP contribution is 2.24. The van der Waals surface area contributed by atoms with E-state index >= 15 is 0 Å². The Balaban J connectivity index is 1.48. The lowest BCUT2D eigenvalue weighted by molar-refractivity contribution is -0.130. The first-order chi connectivity index (χ1) is 13.6. The van der Waals surface area contributed by atoms with Gasteiger partial charge in [0.1, 0.15) is 0 Å². The third-order valence-electron chi connectivity index (χ3n) is 6.50. The van der Waals surface area contributed by atoms with Gasteiger partial charge in [0, 0.05) is 64.8 Å². The number of amides is 2. The normalized spacial score (nSPS) is 22.2. The van der Waals surface area contributed by atoms with Crippen LogP contribution in [-0.4, -0.2) is 73.1 Å². The number of likely N-dealkylation sites (tertiary alicyclic amines) is 1. The van der Waals surface area contributed by atoms with Gasteiger partial charge in [0.15, 0.2) is 0 Å². The van der Waals surface area contributed by atoms with Crippen LogP contribution in [0.4, 0.5) is 0 Å². The Kier molecular flexibility index (Phi) is 8.34. The third-order valence-corrected chi connectivity index (χ3v) is 6.50. The number of piperidine rings is 1. The van der Waals surface area contributed by atoms with Crippen LogP contribution in [0.3, 0.4) is 0 Å². The number of rotatable bonds is 7. The topological polar surface area (TPSA) is 61.9 Å². The molecule has 2 fully saturated rings. The van der Waals surface area contributed by atoms with Gasteiger partial charge in [-0.1, -0.05) is 11.6 Å². The molecule has 0 radical (unpaired) electrons. The standard InChI is InChI=1S/C22H37N3O3/c1-18(26)24-12-7-20(8-13-24)25(21-9-15-28-16-10-21)14-11-23-22(27)17-19-5-3-2-4-6-19/h5,20-21H,2-4,6-17H2,1H3,(H,23,27). The second-order valence-corrected chi connectivity index (χ2v) is 8.45. The van der Waals surface area contributed by atoms with E-state index in [1.165, 1.54) is 18.4 Å². The minimum absolute atomic E-state index is 0.159. The SMILES string of the molecule is CC(=O)N1CCC(N(CCNC(=O)CC2=CCCCC2)C2CCOCC2)CC1. The van der Waals surface area contributed by atoms with E-state index in [0.29, 0.717) is 25.0 Å². The molecule has 2 amide bonds. The number of nitrogens with one attached hydrogen (secondary N) is 1. The largest absolute Gasteiger partial charge is 0.381 e. The van der Waals surface area contributed by atoms with Crippen molar-refractivity contribution >= 4 is 11.8 Å². The molecule has 3 aliphatic rings. The van der Waals surface area contributed by atoms with Crippen LogP contribution < -0.4 is 5.32 Å². The molecule has 28 heavy (non-hydrogen) atoms. The third kappa shape index (κ3) is 6.31. The zero-order chi connectivity index (χ0) is 19.8. The summed E-state index contributed by atoms with van der Waals surface area (Å²) < 4.78 is 5.56. The molecule has 3 rings (SSSR count). The molecule has 0 spiro atoms. The lowest BCUT2D eigenvalue weighted by atomic mass is 9.97. The molecule has 1 N–H and O–H groups in total. The molecule has 0 unspecified atom stereocenters. The highest BCUT2D eigenvalue weighted by molar-refractivity contribution is 5.78. The Morgan fingerprint density at radius 2 is 1.86 bits per heavy atom. The van der Waals surface area contributed by atoms with Crippen molar-refractivity contribution in [2.75, 3.05) is 39.4 Å². The Morgan fingerprint density at radius 1 is 1.14 bits per heavy atom. The molecule has 0 saturated carbocycles. The lowest BCUT2D eigenvalue weighted by Gasteiger charge is -2.43. The maximum atomic E-state index is 12.3. The molecule has 158 valence electrons. The Morgan fingerprint density at radius 3 is 2.50 bits per heavy atom. The zero-order valence-electron chi connectivity index (χ0n) is 17.5. The van der Waals surface area contributed by atoms with Gasteiger partial charge < -0.3 is 15.0 Å². The maximum Gasteiger partial charge on any atom is 0.224 e. The van der Waals surface area contributed by atoms with Crippen molar-refractivity contribution in [3.05, 3.63) is 11.6 Å². The fourth-order valence-electron chi connectivity index (χ4n) is 4.85. The van der Waals surface area contributed by atoms with Crippen LogP contribution in [0.25, 0.3) is 0 Å². The number of hydrogen-bond donors (Lipinski definition) is 1. The summed E-state index contributed by atoms with van der Waals surface area (Å²) in [6.45, 7) is 6.60. The average Bonchev–Trinajstić information content (AvgIpc) is 2.73. The van der Waals surface area contributed by atoms with E-state index < -0.39 is 0 Å². The summed E-state index contributed by atoms with van der Waals surface area (Å²) in [7, 11) is 0. The van der Waals surface area contributed by atoms with Gasteiger partial charge >= 0.3 is 0 Å². The Hall–Kier alpha value is -1.40. The molecule has 0 aromatic heterocycles. The van der Waals surface area contributed by atoms with Crippen molar-refractivity contribution < 1.29 is 14.3 Å². The summed E-state index contributed by atoms with van der Waals surface area (Å²) in [5.74, 6) is 0.340. The minimum Gasteiger partial charge on any atom is -0.381 e. The Bertz CT molecular complexity index is 549. The number of allylic oxidation sites excluding steroid dienone is 1. The number of hydrogen-bond acceptors (Lipinski definition) is 4. The van der Waals surface area contributed by atoms with Crippen molar-refractivity contribution in [1.82, 2.24) is 15.1 Å². The first-order valence-electron chi connectivity index (χ1n) is 11.2. The number of carbonyl (C=O) groups excluding carboxylic acids is 2. The van der Waals surface area contributed by atoms with E-state index in [1.54, 1.807) is 6.92 Å². The van der Waals surface area contributed by atoms with Crippen LogP contribution in [0.2, 0.25) is 0 Å². The van der Waals surface area contributed by atoms with Gasteiger partial charge in [-0.25, -0.2) is 0 Å². The van der Waals surface area contributed by atoms with Gasteiger partial charge in [-0.15, -0.1) is 0 Å². The predicted octanol–water partition coefficient (Wildman–Crippen LogP) is 2.49. The van der Waals surface area contributed by atoms with E-state index in [4.69, 9.17) is 4.74 Å². The number of ether oxygens (including phenoxy) is 1. The van der Waals surface area contributed by atoms with E-state index in [2.05, 4.69) is 16.3 Å². The van der Waals surface area contributed by atoms with Crippen LogP contribution in [0.15, 0.2) is 11.6 Å². The molecule has 0 bridgehead atoms. The number of nitrogens with zero attached hydrogens (tertiary/aromatic N) is 2. The van der Waals surface area contributed by atoms with Crippen molar-refractivity contribution in [1.29, 1.82) is 0 Å². The molecule has 0 aromatic rings. The molecule has 6 heteroatoms. The fraction of sp³-hybridized carbons (Fsp3) is 0.818. The molecular formula is C22H37N3O3. The van der Waals surface area contributed by atoms with E-state index in [1.807, 2.05) is 4.90 Å². The van der Waals surface area contributed by atoms with Gasteiger partial charge in [0.2, 0.25) is 11.8 Å². The van der Waals surface area contributed by atoms with Crippen molar-refractivity contribution in [3.8, 4) is 0 Å². The molecule has 2 aliphatic heterocycles. The van der Waals surface area contributed by atoms with E-state index in [9.17, 15) is 9.59 Å². The maximum absolute atomic E-state index is 12.3. The van der Waals surface area contributed by atoms with Crippen molar-refractivity contribution in [2.24, 2.45) is 0 Å². The highest BCUT2D eigenvalue weighted by atomic mass is 16.5. The van der Waals surface area contributed by atoms with Gasteiger partial charge in [-0.05, 0) is 51.4 Å². The molecule has 2 saturated heterocycles. The summed E-state index contributed by atoms with van der Waals surface area (Å²) in [4.78, 5) is 28.5. The number of carbonyl (C=O) groups is 2. The van der Waals surface area contributed by atoms with Crippen LogP contribution in [-0.2, 0) is 14.3 Å². The average molecular weight is 392 g/mol. The van der Waals surface area contributed by atoms with Crippen LogP contribution >= 0.6 is 0 Å². The molecule has 6 nitrogen and oxygen atoms in total. The van der Waals surface area contributed by atoms with Crippen LogP contribution in [0.5, 0.6) is 0 Å². The summed E-state index contributed by atoms with van der Waals surface area (Å²) in [5.41, 5.74) is 1.31. The first-order valence-corrected chi connectivity index (χ1v) is 11.2. The van der Waals surface area contributed by atoms with Gasteiger partial charge in [0.05, 0.1) is 0 Å². The van der Waals surface area contributed by atoms with Gasteiger partial charge in [-0.2, -0.15) is 0 Å². The van der Waals surface area contributed by atoms with Gasteiger partial charge in [0.25, 0.3) is 0 Å². The molecular weight excluding hydrogens is 354 g/mol. The Labute approximate surface area is 169 Å². The van der Waals surface area contributed by atoms with E-state index in [0.717, 1.165) is 71.4 Å². The van der Waals surface area contributed by atoms with Crippen LogP contribution in [0, 0.1) is 0 Å². The minimum atomic E-state index is 0.159. The summed E-state index contributed by atoms with van der Waals surface area (Å²) >= 11 is 0. The molecule has 2 heterocycles. The summed E-state index contributed by atoms with van der Waals surface area (Å²) in [6.07, 6.45) is 11.7. The zero-order valence-corrected chi connectivity index (χ0v) is 17.5. The first kappa shape index (κ1) is 21.3. The summed E-state index contributed by atoms with van der Waals surface area (Å²) in [6, 6.07) is 1.03. The second-order valence-electron chi connectivity index (χ2n) is 8.45. The van der Waals surface area contributed by atoms with Crippen molar-refractivity contribution in [2.45, 2.75) is 76.8 Å². The van der Waals surface area contributed by atoms with E-state index in [-0.39, 0.29) is 11.8 Å². The molecule has 0 atom stereocenters. The van der Waals surface area contributed by atoms with Crippen molar-refractivity contribution in [3.63, 3.8) is 0 Å². The predicted molar refractivity (Wildman–Crippen MR) is 110 cm³/mol. The smallest absolute Gasteiger partial charge is 0.224 e. The lowest BCUT2D eigenvalue weighted by Crippen LogP contribution is -2.53. The highest BCUT2D eigenvalue weighted by Gasteiger charge is 2.31. The monoisotopic (exact) mass is 391 g/mol. The van der Waals surface area contributed by atoms with Gasteiger partial charge in [-0.3, -0.25) is 14.5 Å². The fourth-order valence-corrected chi connectivity index (χ4v) is 4.85. The second kappa shape index (κ2) is 11.0. The summed E-state index contributed by atoms with van der Waals surface area (Å²) in [5, 5.41) is 3.15.